The molecule has 4 N–H and O–H groups in total. The van der Waals surface area contributed by atoms with Crippen molar-refractivity contribution in [3.05, 3.63) is 30.1 Å². The zero-order chi connectivity index (χ0) is 21.8. The minimum absolute atomic E-state index is 0.104. The highest BCUT2D eigenvalue weighted by Gasteiger charge is 2.44. The van der Waals surface area contributed by atoms with Crippen molar-refractivity contribution in [2.75, 3.05) is 20.1 Å². The number of carbonyl (C=O) groups is 3. The molecular weight excluding hydrogens is 409 g/mol. The Morgan fingerprint density at radius 2 is 1.93 bits per heavy atom. The lowest BCUT2D eigenvalue weighted by Crippen LogP contribution is -2.60. The Hall–Kier alpha value is -2.17. The first-order chi connectivity index (χ1) is 14.3. The Kier molecular flexibility index (Phi) is 7.32. The molecule has 0 saturated carbocycles. The van der Waals surface area contributed by atoms with Crippen molar-refractivity contribution < 1.29 is 18.8 Å². The van der Waals surface area contributed by atoms with Crippen molar-refractivity contribution >= 4 is 29.7 Å². The maximum absolute atomic E-state index is 13.4. The van der Waals surface area contributed by atoms with Crippen LogP contribution in [0.2, 0.25) is 0 Å². The average Bonchev–Trinajstić information content (AvgIpc) is 3.14. The van der Waals surface area contributed by atoms with Gasteiger partial charge in [-0.25, -0.2) is 8.70 Å². The molecule has 2 aliphatic rings. The smallest absolute Gasteiger partial charge is 0.247 e. The van der Waals surface area contributed by atoms with E-state index in [-0.39, 0.29) is 30.2 Å². The molecule has 2 saturated heterocycles. The van der Waals surface area contributed by atoms with Crippen LogP contribution >= 0.6 is 11.9 Å². The fourth-order valence-electron chi connectivity index (χ4n) is 3.89. The predicted molar refractivity (Wildman–Crippen MR) is 112 cm³/mol. The van der Waals surface area contributed by atoms with Crippen LogP contribution in [-0.4, -0.2) is 71.2 Å². The van der Waals surface area contributed by atoms with Crippen LogP contribution in [0.15, 0.2) is 29.2 Å². The molecule has 10 heteroatoms. The van der Waals surface area contributed by atoms with Crippen LogP contribution in [0.3, 0.4) is 0 Å². The molecule has 2 fully saturated rings. The number of nitrogens with two attached hydrogens (primary N) is 1. The van der Waals surface area contributed by atoms with E-state index >= 15 is 0 Å². The summed E-state index contributed by atoms with van der Waals surface area (Å²) >= 11 is 1.42. The standard InChI is InChI=1S/C20H28FN5O3S/c1-12(23-2)19(28)24-16-11-25(30-15-6-3-13(21)4-7-15)10-9-14-5-8-17(18(22)27)26(14)20(16)29/h3-4,6-7,12,14,16-17,23H,5,8-11H2,1-2H3,(H2,22,27)(H,24,28)/t12-,14?,16?,17?/m0/s1. The first kappa shape index (κ1) is 22.5. The van der Waals surface area contributed by atoms with Gasteiger partial charge in [0.2, 0.25) is 17.7 Å². The lowest BCUT2D eigenvalue weighted by Gasteiger charge is -2.38. The normalized spacial score (nSPS) is 25.9. The Morgan fingerprint density at radius 3 is 2.57 bits per heavy atom. The molecule has 0 bridgehead atoms. The van der Waals surface area contributed by atoms with Gasteiger partial charge in [-0.1, -0.05) is 0 Å². The number of carbonyl (C=O) groups excluding carboxylic acids is 3. The Morgan fingerprint density at radius 1 is 1.23 bits per heavy atom. The number of likely N-dealkylation sites (N-methyl/N-ethyl adjacent to an activating group) is 1. The van der Waals surface area contributed by atoms with Crippen LogP contribution in [0.4, 0.5) is 4.39 Å². The summed E-state index contributed by atoms with van der Waals surface area (Å²) in [5.41, 5.74) is 5.54. The molecule has 4 atom stereocenters. The summed E-state index contributed by atoms with van der Waals surface area (Å²) in [6, 6.07) is 4.12. The number of hydrogen-bond acceptors (Lipinski definition) is 6. The van der Waals surface area contributed by atoms with Gasteiger partial charge in [0.25, 0.3) is 0 Å². The van der Waals surface area contributed by atoms with Crippen molar-refractivity contribution in [2.45, 2.75) is 55.2 Å². The highest BCUT2D eigenvalue weighted by atomic mass is 32.2. The van der Waals surface area contributed by atoms with Gasteiger partial charge in [0.15, 0.2) is 0 Å². The summed E-state index contributed by atoms with van der Waals surface area (Å²) in [7, 11) is 1.67. The van der Waals surface area contributed by atoms with Gasteiger partial charge in [-0.15, -0.1) is 0 Å². The molecule has 0 spiro atoms. The molecule has 0 aliphatic carbocycles. The number of hydrogen-bond donors (Lipinski definition) is 3. The second-order valence-electron chi connectivity index (χ2n) is 7.69. The predicted octanol–water partition coefficient (Wildman–Crippen LogP) is 0.476. The van der Waals surface area contributed by atoms with E-state index in [0.29, 0.717) is 25.8 Å². The van der Waals surface area contributed by atoms with E-state index in [2.05, 4.69) is 10.6 Å². The molecule has 3 unspecified atom stereocenters. The number of halogens is 1. The van der Waals surface area contributed by atoms with Crippen LogP contribution in [0.25, 0.3) is 0 Å². The first-order valence-electron chi connectivity index (χ1n) is 10.1. The van der Waals surface area contributed by atoms with Crippen LogP contribution < -0.4 is 16.4 Å². The molecule has 1 aromatic carbocycles. The summed E-state index contributed by atoms with van der Waals surface area (Å²) in [6.07, 6.45) is 1.92. The van der Waals surface area contributed by atoms with Gasteiger partial charge < -0.3 is 21.3 Å². The van der Waals surface area contributed by atoms with Gasteiger partial charge >= 0.3 is 0 Å². The average molecular weight is 438 g/mol. The molecule has 3 rings (SSSR count). The van der Waals surface area contributed by atoms with Crippen LogP contribution in [-0.2, 0) is 14.4 Å². The summed E-state index contributed by atoms with van der Waals surface area (Å²) < 4.78 is 15.2. The molecule has 8 nitrogen and oxygen atoms in total. The Labute approximate surface area is 179 Å². The number of benzene rings is 1. The monoisotopic (exact) mass is 437 g/mol. The molecule has 30 heavy (non-hydrogen) atoms. The molecule has 2 heterocycles. The number of rotatable bonds is 6. The summed E-state index contributed by atoms with van der Waals surface area (Å²) in [6.45, 7) is 2.62. The quantitative estimate of drug-likeness (QED) is 0.559. The third kappa shape index (κ3) is 5.11. The van der Waals surface area contributed by atoms with Gasteiger partial charge in [-0.05, 0) is 69.4 Å². The lowest BCUT2D eigenvalue weighted by atomic mass is 10.1. The van der Waals surface area contributed by atoms with Crippen molar-refractivity contribution in [1.82, 2.24) is 19.8 Å². The summed E-state index contributed by atoms with van der Waals surface area (Å²) in [4.78, 5) is 40.2. The maximum atomic E-state index is 13.4. The van der Waals surface area contributed by atoms with Gasteiger partial charge in [0.05, 0.1) is 6.04 Å². The van der Waals surface area contributed by atoms with Crippen molar-refractivity contribution in [3.63, 3.8) is 0 Å². The van der Waals surface area contributed by atoms with E-state index in [1.54, 1.807) is 31.0 Å². The van der Waals surface area contributed by atoms with Gasteiger partial charge in [0, 0.05) is 24.0 Å². The lowest BCUT2D eigenvalue weighted by molar-refractivity contribution is -0.143. The fourth-order valence-corrected chi connectivity index (χ4v) is 4.86. The van der Waals surface area contributed by atoms with E-state index < -0.39 is 24.0 Å². The molecule has 0 aromatic heterocycles. The number of nitrogens with zero attached hydrogens (tertiary/aromatic N) is 2. The van der Waals surface area contributed by atoms with E-state index in [9.17, 15) is 18.8 Å². The number of amides is 3. The zero-order valence-corrected chi connectivity index (χ0v) is 18.0. The van der Waals surface area contributed by atoms with Crippen LogP contribution in [0, 0.1) is 5.82 Å². The van der Waals surface area contributed by atoms with E-state index in [1.165, 1.54) is 24.1 Å². The third-order valence-electron chi connectivity index (χ3n) is 5.67. The van der Waals surface area contributed by atoms with E-state index in [1.807, 2.05) is 4.31 Å². The van der Waals surface area contributed by atoms with Gasteiger partial charge in [-0.2, -0.15) is 0 Å². The highest BCUT2D eigenvalue weighted by molar-refractivity contribution is 7.97. The van der Waals surface area contributed by atoms with Gasteiger partial charge in [0.1, 0.15) is 17.9 Å². The minimum Gasteiger partial charge on any atom is -0.368 e. The van der Waals surface area contributed by atoms with Crippen molar-refractivity contribution in [1.29, 1.82) is 0 Å². The fraction of sp³-hybridized carbons (Fsp3) is 0.550. The molecule has 1 aromatic rings. The number of nitrogens with one attached hydrogen (secondary N) is 2. The second kappa shape index (κ2) is 9.76. The second-order valence-corrected chi connectivity index (χ2v) is 8.86. The van der Waals surface area contributed by atoms with Crippen molar-refractivity contribution in [2.24, 2.45) is 5.73 Å². The highest BCUT2D eigenvalue weighted by Crippen LogP contribution is 2.32. The molecule has 3 amide bonds. The van der Waals surface area contributed by atoms with Gasteiger partial charge in [-0.3, -0.25) is 14.4 Å². The topological polar surface area (TPSA) is 108 Å². The molecule has 0 radical (unpaired) electrons. The minimum atomic E-state index is -0.816. The SMILES string of the molecule is CN[C@@H](C)C(=O)NC1CN(Sc2ccc(F)cc2)CCC2CCC(C(N)=O)N2C1=O. The Balaban J connectivity index is 1.83. The summed E-state index contributed by atoms with van der Waals surface area (Å²) in [5, 5.41) is 5.69. The first-order valence-corrected chi connectivity index (χ1v) is 10.8. The molecule has 164 valence electrons. The zero-order valence-electron chi connectivity index (χ0n) is 17.1. The van der Waals surface area contributed by atoms with Crippen LogP contribution in [0.1, 0.15) is 26.2 Å². The number of primary amides is 1. The third-order valence-corrected chi connectivity index (χ3v) is 6.75. The van der Waals surface area contributed by atoms with E-state index in [0.717, 1.165) is 4.90 Å². The van der Waals surface area contributed by atoms with Crippen LogP contribution in [0.5, 0.6) is 0 Å². The summed E-state index contributed by atoms with van der Waals surface area (Å²) in [5.74, 6) is -1.41. The molecule has 2 aliphatic heterocycles. The van der Waals surface area contributed by atoms with Crippen molar-refractivity contribution in [3.8, 4) is 0 Å². The molecular formula is C20H28FN5O3S. The van der Waals surface area contributed by atoms with E-state index in [4.69, 9.17) is 5.73 Å². The number of fused-ring (bicyclic) bond motifs is 1. The maximum Gasteiger partial charge on any atom is 0.247 e. The largest absolute Gasteiger partial charge is 0.368 e. The Bertz CT molecular complexity index is 793.